The van der Waals surface area contributed by atoms with Crippen LogP contribution in [0.5, 0.6) is 0 Å². The molecule has 0 saturated carbocycles. The van der Waals surface area contributed by atoms with E-state index in [4.69, 9.17) is 0 Å². The normalized spacial score (nSPS) is 10.3. The third-order valence-corrected chi connectivity index (χ3v) is 4.01. The second kappa shape index (κ2) is 7.90. The second-order valence-corrected chi connectivity index (χ2v) is 6.07. The van der Waals surface area contributed by atoms with Gasteiger partial charge in [0.1, 0.15) is 0 Å². The van der Waals surface area contributed by atoms with Crippen LogP contribution in [0.25, 0.3) is 0 Å². The van der Waals surface area contributed by atoms with Crippen molar-refractivity contribution < 1.29 is 9.59 Å². The molecule has 4 heteroatoms. The number of nitrogens with zero attached hydrogens (tertiary/aromatic N) is 1. The minimum atomic E-state index is -0.234. The fourth-order valence-electron chi connectivity index (χ4n) is 2.32. The molecule has 0 aliphatic rings. The summed E-state index contributed by atoms with van der Waals surface area (Å²) in [5.41, 5.74) is 2.65. The molecule has 2 aromatic rings. The zero-order chi connectivity index (χ0) is 15.9. The van der Waals surface area contributed by atoms with Crippen molar-refractivity contribution in [3.8, 4) is 0 Å². The molecule has 0 aliphatic carbocycles. The lowest BCUT2D eigenvalue weighted by molar-refractivity contribution is -0.116. The predicted octanol–water partition coefficient (Wildman–Crippen LogP) is 3.99. The van der Waals surface area contributed by atoms with Gasteiger partial charge in [0.15, 0.2) is 0 Å². The first kappa shape index (κ1) is 16.4. The lowest BCUT2D eigenvalue weighted by atomic mass is 10.1. The Hall–Kier alpha value is -1.94. The molecule has 2 rings (SSSR count). The lowest BCUT2D eigenvalue weighted by Crippen LogP contribution is -2.31. The van der Waals surface area contributed by atoms with Gasteiger partial charge in [0.25, 0.3) is 5.91 Å². The van der Waals surface area contributed by atoms with Gasteiger partial charge in [0, 0.05) is 16.6 Å². The average molecular weight is 360 g/mol. The standard InChI is InChI=1S/C18H18BrNO2/c1-14-6-2-3-10-17(14)18(22)20(13-21)11-5-8-15-7-4-9-16(19)12-15/h2-4,6-7,9-10,12-13H,5,8,11H2,1H3. The Morgan fingerprint density at radius 3 is 2.64 bits per heavy atom. The summed E-state index contributed by atoms with van der Waals surface area (Å²) in [6, 6.07) is 15.4. The van der Waals surface area contributed by atoms with Crippen molar-refractivity contribution in [2.24, 2.45) is 0 Å². The van der Waals surface area contributed by atoms with Crippen LogP contribution >= 0.6 is 15.9 Å². The van der Waals surface area contributed by atoms with E-state index in [9.17, 15) is 9.59 Å². The number of amides is 2. The Balaban J connectivity index is 1.96. The highest BCUT2D eigenvalue weighted by Crippen LogP contribution is 2.14. The van der Waals surface area contributed by atoms with Crippen molar-refractivity contribution in [3.05, 3.63) is 69.7 Å². The molecule has 22 heavy (non-hydrogen) atoms. The van der Waals surface area contributed by atoms with E-state index in [0.717, 1.165) is 22.9 Å². The fraction of sp³-hybridized carbons (Fsp3) is 0.222. The first-order valence-electron chi connectivity index (χ1n) is 7.18. The van der Waals surface area contributed by atoms with Crippen LogP contribution in [0.2, 0.25) is 0 Å². The smallest absolute Gasteiger partial charge is 0.260 e. The Kier molecular flexibility index (Phi) is 5.90. The Bertz CT molecular complexity index is 670. The maximum atomic E-state index is 12.4. The molecular formula is C18H18BrNO2. The molecule has 0 saturated heterocycles. The number of halogens is 1. The molecular weight excluding hydrogens is 342 g/mol. The van der Waals surface area contributed by atoms with Gasteiger partial charge >= 0.3 is 0 Å². The zero-order valence-electron chi connectivity index (χ0n) is 12.5. The molecule has 0 aliphatic heterocycles. The van der Waals surface area contributed by atoms with Crippen LogP contribution in [0.4, 0.5) is 0 Å². The first-order valence-corrected chi connectivity index (χ1v) is 7.97. The van der Waals surface area contributed by atoms with Crippen molar-refractivity contribution in [2.75, 3.05) is 6.54 Å². The van der Waals surface area contributed by atoms with Crippen LogP contribution in [0.1, 0.15) is 27.9 Å². The van der Waals surface area contributed by atoms with E-state index in [1.165, 1.54) is 10.5 Å². The molecule has 0 bridgehead atoms. The van der Waals surface area contributed by atoms with Crippen LogP contribution in [0, 0.1) is 6.92 Å². The second-order valence-electron chi connectivity index (χ2n) is 5.15. The van der Waals surface area contributed by atoms with Gasteiger partial charge < -0.3 is 0 Å². The zero-order valence-corrected chi connectivity index (χ0v) is 14.0. The predicted molar refractivity (Wildman–Crippen MR) is 90.7 cm³/mol. The number of carbonyl (C=O) groups excluding carboxylic acids is 2. The van der Waals surface area contributed by atoms with Crippen LogP contribution in [0.15, 0.2) is 53.0 Å². The molecule has 0 unspecified atom stereocenters. The molecule has 3 nitrogen and oxygen atoms in total. The van der Waals surface area contributed by atoms with Crippen molar-refractivity contribution in [1.29, 1.82) is 0 Å². The maximum absolute atomic E-state index is 12.4. The summed E-state index contributed by atoms with van der Waals surface area (Å²) in [5, 5.41) is 0. The van der Waals surface area contributed by atoms with Gasteiger partial charge in [-0.1, -0.05) is 46.3 Å². The number of imide groups is 1. The highest BCUT2D eigenvalue weighted by atomic mass is 79.9. The summed E-state index contributed by atoms with van der Waals surface area (Å²) < 4.78 is 1.04. The van der Waals surface area contributed by atoms with Gasteiger partial charge in [0.2, 0.25) is 6.41 Å². The molecule has 0 fully saturated rings. The third-order valence-electron chi connectivity index (χ3n) is 3.52. The largest absolute Gasteiger partial charge is 0.281 e. The topological polar surface area (TPSA) is 37.4 Å². The number of rotatable bonds is 6. The molecule has 0 radical (unpaired) electrons. The van der Waals surface area contributed by atoms with E-state index < -0.39 is 0 Å². The van der Waals surface area contributed by atoms with E-state index in [-0.39, 0.29) is 5.91 Å². The molecule has 0 atom stereocenters. The average Bonchev–Trinajstić information content (AvgIpc) is 2.51. The van der Waals surface area contributed by atoms with Crippen LogP contribution in [0.3, 0.4) is 0 Å². The van der Waals surface area contributed by atoms with Crippen molar-refractivity contribution in [3.63, 3.8) is 0 Å². The van der Waals surface area contributed by atoms with E-state index in [2.05, 4.69) is 22.0 Å². The van der Waals surface area contributed by atoms with Crippen molar-refractivity contribution in [1.82, 2.24) is 4.90 Å². The molecule has 2 aromatic carbocycles. The van der Waals surface area contributed by atoms with Gasteiger partial charge in [-0.2, -0.15) is 0 Å². The summed E-state index contributed by atoms with van der Waals surface area (Å²) in [5.74, 6) is -0.234. The molecule has 114 valence electrons. The van der Waals surface area contributed by atoms with Crippen LogP contribution in [-0.2, 0) is 11.2 Å². The van der Waals surface area contributed by atoms with Crippen molar-refractivity contribution in [2.45, 2.75) is 19.8 Å². The Morgan fingerprint density at radius 2 is 1.95 bits per heavy atom. The van der Waals surface area contributed by atoms with E-state index in [0.29, 0.717) is 18.5 Å². The van der Waals surface area contributed by atoms with Gasteiger partial charge in [-0.05, 0) is 49.1 Å². The quantitative estimate of drug-likeness (QED) is 0.731. The van der Waals surface area contributed by atoms with Crippen LogP contribution in [-0.4, -0.2) is 23.8 Å². The number of hydrogen-bond donors (Lipinski definition) is 0. The van der Waals surface area contributed by atoms with Crippen LogP contribution < -0.4 is 0 Å². The van der Waals surface area contributed by atoms with Crippen molar-refractivity contribution >= 4 is 28.2 Å². The summed E-state index contributed by atoms with van der Waals surface area (Å²) >= 11 is 3.44. The number of benzene rings is 2. The molecule has 0 N–H and O–H groups in total. The summed E-state index contributed by atoms with van der Waals surface area (Å²) in [6.07, 6.45) is 2.19. The molecule has 0 aromatic heterocycles. The third kappa shape index (κ3) is 4.28. The van der Waals surface area contributed by atoms with Gasteiger partial charge in [-0.15, -0.1) is 0 Å². The Morgan fingerprint density at radius 1 is 1.18 bits per heavy atom. The Labute approximate surface area is 139 Å². The van der Waals surface area contributed by atoms with Gasteiger partial charge in [-0.3, -0.25) is 14.5 Å². The summed E-state index contributed by atoms with van der Waals surface area (Å²) in [4.78, 5) is 24.9. The van der Waals surface area contributed by atoms with E-state index in [1.807, 2.05) is 43.3 Å². The summed E-state index contributed by atoms with van der Waals surface area (Å²) in [6.45, 7) is 2.29. The number of carbonyl (C=O) groups is 2. The molecule has 0 heterocycles. The molecule has 2 amide bonds. The first-order chi connectivity index (χ1) is 10.6. The lowest BCUT2D eigenvalue weighted by Gasteiger charge is -2.16. The van der Waals surface area contributed by atoms with E-state index >= 15 is 0 Å². The molecule has 0 spiro atoms. The highest BCUT2D eigenvalue weighted by molar-refractivity contribution is 9.10. The maximum Gasteiger partial charge on any atom is 0.260 e. The van der Waals surface area contributed by atoms with Gasteiger partial charge in [-0.25, -0.2) is 0 Å². The number of hydrogen-bond acceptors (Lipinski definition) is 2. The van der Waals surface area contributed by atoms with E-state index in [1.54, 1.807) is 6.07 Å². The number of aryl methyl sites for hydroxylation is 2. The SMILES string of the molecule is Cc1ccccc1C(=O)N(C=O)CCCc1cccc(Br)c1. The summed E-state index contributed by atoms with van der Waals surface area (Å²) in [7, 11) is 0. The minimum Gasteiger partial charge on any atom is -0.281 e. The highest BCUT2D eigenvalue weighted by Gasteiger charge is 2.16. The van der Waals surface area contributed by atoms with Gasteiger partial charge in [0.05, 0.1) is 0 Å². The fourth-order valence-corrected chi connectivity index (χ4v) is 2.76. The monoisotopic (exact) mass is 359 g/mol. The minimum absolute atomic E-state index is 0.234.